The number of amides is 1. The van der Waals surface area contributed by atoms with Gasteiger partial charge in [-0.05, 0) is 47.4 Å². The molecule has 0 spiro atoms. The summed E-state index contributed by atoms with van der Waals surface area (Å²) in [6, 6.07) is 8.56. The zero-order valence-corrected chi connectivity index (χ0v) is 21.4. The molecule has 1 amide bonds. The first-order valence-corrected chi connectivity index (χ1v) is 11.7. The second-order valence-electron chi connectivity index (χ2n) is 10.0. The summed E-state index contributed by atoms with van der Waals surface area (Å²) < 4.78 is 10.7. The SMILES string of the molecule is COc1ccc(C(CCCC(C)C)CC(=O)Nc2cc(C(=O)O)ccc2C(C)(C)C)c(OC)n1. The van der Waals surface area contributed by atoms with Crippen molar-refractivity contribution in [3.05, 3.63) is 47.0 Å². The molecule has 34 heavy (non-hydrogen) atoms. The summed E-state index contributed by atoms with van der Waals surface area (Å²) in [4.78, 5) is 29.1. The van der Waals surface area contributed by atoms with E-state index in [-0.39, 0.29) is 29.2 Å². The molecular weight excluding hydrogens is 432 g/mol. The maximum absolute atomic E-state index is 13.2. The predicted molar refractivity (Wildman–Crippen MR) is 134 cm³/mol. The maximum atomic E-state index is 13.2. The Hall–Kier alpha value is -3.09. The van der Waals surface area contributed by atoms with Crippen LogP contribution in [0, 0.1) is 5.92 Å². The third-order valence-electron chi connectivity index (χ3n) is 5.82. The van der Waals surface area contributed by atoms with Crippen molar-refractivity contribution in [1.29, 1.82) is 0 Å². The fraction of sp³-hybridized carbons (Fsp3) is 0.519. The fourth-order valence-corrected chi connectivity index (χ4v) is 4.02. The maximum Gasteiger partial charge on any atom is 0.335 e. The highest BCUT2D eigenvalue weighted by molar-refractivity contribution is 5.95. The Morgan fingerprint density at radius 3 is 2.32 bits per heavy atom. The molecule has 2 N–H and O–H groups in total. The van der Waals surface area contributed by atoms with Crippen molar-refractivity contribution in [2.75, 3.05) is 19.5 Å². The van der Waals surface area contributed by atoms with Crippen molar-refractivity contribution >= 4 is 17.6 Å². The number of hydrogen-bond donors (Lipinski definition) is 2. The van der Waals surface area contributed by atoms with Crippen molar-refractivity contribution in [2.45, 2.75) is 71.6 Å². The van der Waals surface area contributed by atoms with E-state index < -0.39 is 5.97 Å². The number of carboxylic acids is 1. The van der Waals surface area contributed by atoms with Crippen molar-refractivity contribution in [1.82, 2.24) is 4.98 Å². The quantitative estimate of drug-likeness (QED) is 0.416. The number of nitrogens with one attached hydrogen (secondary N) is 1. The van der Waals surface area contributed by atoms with Gasteiger partial charge in [-0.3, -0.25) is 4.79 Å². The van der Waals surface area contributed by atoms with Crippen LogP contribution in [-0.4, -0.2) is 36.2 Å². The van der Waals surface area contributed by atoms with Crippen LogP contribution in [-0.2, 0) is 10.2 Å². The Balaban J connectivity index is 2.34. The Morgan fingerprint density at radius 2 is 1.76 bits per heavy atom. The predicted octanol–water partition coefficient (Wildman–Crippen LogP) is 6.03. The van der Waals surface area contributed by atoms with Gasteiger partial charge in [-0.2, -0.15) is 4.98 Å². The molecule has 1 aromatic heterocycles. The largest absolute Gasteiger partial charge is 0.481 e. The van der Waals surface area contributed by atoms with E-state index >= 15 is 0 Å². The average Bonchev–Trinajstić information content (AvgIpc) is 2.76. The van der Waals surface area contributed by atoms with E-state index in [0.717, 1.165) is 30.4 Å². The summed E-state index contributed by atoms with van der Waals surface area (Å²) in [6.45, 7) is 10.4. The normalized spacial score (nSPS) is 12.4. The Labute approximate surface area is 202 Å². The molecule has 1 heterocycles. The second-order valence-corrected chi connectivity index (χ2v) is 10.0. The molecule has 1 aromatic carbocycles. The molecular formula is C27H38N2O5. The summed E-state index contributed by atoms with van der Waals surface area (Å²) in [6.07, 6.45) is 3.05. The van der Waals surface area contributed by atoms with Crippen LogP contribution in [0.2, 0.25) is 0 Å². The van der Waals surface area contributed by atoms with E-state index in [4.69, 9.17) is 9.47 Å². The van der Waals surface area contributed by atoms with Gasteiger partial charge < -0.3 is 19.9 Å². The third-order valence-corrected chi connectivity index (χ3v) is 5.82. The molecule has 0 radical (unpaired) electrons. The van der Waals surface area contributed by atoms with Crippen LogP contribution in [0.15, 0.2) is 30.3 Å². The monoisotopic (exact) mass is 470 g/mol. The van der Waals surface area contributed by atoms with Crippen LogP contribution >= 0.6 is 0 Å². The zero-order valence-electron chi connectivity index (χ0n) is 21.4. The molecule has 186 valence electrons. The molecule has 0 fully saturated rings. The number of methoxy groups -OCH3 is 2. The number of rotatable bonds is 11. The van der Waals surface area contributed by atoms with E-state index in [2.05, 4.69) is 24.1 Å². The van der Waals surface area contributed by atoms with Gasteiger partial charge in [0.1, 0.15) is 0 Å². The number of aromatic carboxylic acids is 1. The van der Waals surface area contributed by atoms with Crippen molar-refractivity contribution in [3.8, 4) is 11.8 Å². The highest BCUT2D eigenvalue weighted by Crippen LogP contribution is 2.35. The summed E-state index contributed by atoms with van der Waals surface area (Å²) >= 11 is 0. The number of nitrogens with zero attached hydrogens (tertiary/aromatic N) is 1. The van der Waals surface area contributed by atoms with Gasteiger partial charge in [0.2, 0.25) is 17.7 Å². The topological polar surface area (TPSA) is 97.8 Å². The van der Waals surface area contributed by atoms with Gasteiger partial charge in [-0.25, -0.2) is 4.79 Å². The number of hydrogen-bond acceptors (Lipinski definition) is 5. The second kappa shape index (κ2) is 11.9. The average molecular weight is 471 g/mol. The van der Waals surface area contributed by atoms with E-state index in [9.17, 15) is 14.7 Å². The minimum absolute atomic E-state index is 0.104. The molecule has 0 aliphatic carbocycles. The summed E-state index contributed by atoms with van der Waals surface area (Å²) in [5, 5.41) is 12.4. The number of benzene rings is 1. The van der Waals surface area contributed by atoms with Gasteiger partial charge in [-0.1, -0.05) is 53.5 Å². The smallest absolute Gasteiger partial charge is 0.335 e. The molecule has 0 aliphatic rings. The van der Waals surface area contributed by atoms with Crippen LogP contribution < -0.4 is 14.8 Å². The molecule has 0 bridgehead atoms. The molecule has 0 saturated carbocycles. The third kappa shape index (κ3) is 7.47. The first kappa shape index (κ1) is 27.2. The standard InChI is InChI=1S/C27H38N2O5/c1-17(2)9-8-10-18(20-12-14-24(33-6)29-25(20)34-7)16-23(30)28-22-15-19(26(31)32)11-13-21(22)27(3,4)5/h11-15,17-18H,8-10,16H2,1-7H3,(H,28,30)(H,31,32). The van der Waals surface area contributed by atoms with Gasteiger partial charge in [0.25, 0.3) is 0 Å². The number of carbonyl (C=O) groups is 2. The van der Waals surface area contributed by atoms with E-state index in [1.165, 1.54) is 6.07 Å². The molecule has 1 unspecified atom stereocenters. The lowest BCUT2D eigenvalue weighted by Gasteiger charge is -2.24. The molecule has 1 atom stereocenters. The first-order valence-electron chi connectivity index (χ1n) is 11.7. The van der Waals surface area contributed by atoms with Crippen LogP contribution in [0.1, 0.15) is 87.7 Å². The lowest BCUT2D eigenvalue weighted by atomic mass is 9.85. The van der Waals surface area contributed by atoms with Crippen molar-refractivity contribution in [3.63, 3.8) is 0 Å². The van der Waals surface area contributed by atoms with Crippen LogP contribution in [0.5, 0.6) is 11.8 Å². The van der Waals surface area contributed by atoms with E-state index in [0.29, 0.717) is 23.4 Å². The first-order chi connectivity index (χ1) is 16.0. The van der Waals surface area contributed by atoms with Crippen LogP contribution in [0.25, 0.3) is 0 Å². The Kier molecular flexibility index (Phi) is 9.47. The minimum atomic E-state index is -1.03. The molecule has 7 nitrogen and oxygen atoms in total. The lowest BCUT2D eigenvalue weighted by Crippen LogP contribution is -2.21. The number of anilines is 1. The number of aromatic nitrogens is 1. The van der Waals surface area contributed by atoms with Crippen molar-refractivity contribution in [2.24, 2.45) is 5.92 Å². The lowest BCUT2D eigenvalue weighted by molar-refractivity contribution is -0.116. The van der Waals surface area contributed by atoms with Gasteiger partial charge >= 0.3 is 5.97 Å². The van der Waals surface area contributed by atoms with Crippen LogP contribution in [0.4, 0.5) is 5.69 Å². The molecule has 7 heteroatoms. The number of pyridine rings is 1. The number of ether oxygens (including phenoxy) is 2. The van der Waals surface area contributed by atoms with E-state index in [1.807, 2.05) is 26.8 Å². The van der Waals surface area contributed by atoms with Gasteiger partial charge in [-0.15, -0.1) is 0 Å². The summed E-state index contributed by atoms with van der Waals surface area (Å²) in [5.74, 6) is 0.152. The summed E-state index contributed by atoms with van der Waals surface area (Å²) in [7, 11) is 3.11. The van der Waals surface area contributed by atoms with Crippen LogP contribution in [0.3, 0.4) is 0 Å². The molecule has 2 aromatic rings. The zero-order chi connectivity index (χ0) is 25.5. The molecule has 0 saturated heterocycles. The minimum Gasteiger partial charge on any atom is -0.481 e. The molecule has 2 rings (SSSR count). The van der Waals surface area contributed by atoms with Gasteiger partial charge in [0.15, 0.2) is 0 Å². The van der Waals surface area contributed by atoms with Gasteiger partial charge in [0.05, 0.1) is 19.8 Å². The highest BCUT2D eigenvalue weighted by Gasteiger charge is 2.24. The fourth-order valence-electron chi connectivity index (χ4n) is 4.02. The van der Waals surface area contributed by atoms with E-state index in [1.54, 1.807) is 32.4 Å². The van der Waals surface area contributed by atoms with Crippen molar-refractivity contribution < 1.29 is 24.2 Å². The Morgan fingerprint density at radius 1 is 1.06 bits per heavy atom. The highest BCUT2D eigenvalue weighted by atomic mass is 16.5. The Bertz CT molecular complexity index is 995. The molecule has 0 aliphatic heterocycles. The summed E-state index contributed by atoms with van der Waals surface area (Å²) in [5.41, 5.74) is 2.14. The number of carboxylic acid groups (broad SMARTS) is 1. The number of carbonyl (C=O) groups excluding carboxylic acids is 1. The van der Waals surface area contributed by atoms with Gasteiger partial charge in [0, 0.05) is 23.7 Å².